The molecule has 6 heteroatoms. The third kappa shape index (κ3) is 2.60. The number of sulfonamides is 1. The molecule has 0 heterocycles. The fraction of sp³-hybridized carbons (Fsp3) is 0.143. The summed E-state index contributed by atoms with van der Waals surface area (Å²) in [5, 5.41) is 0. The lowest BCUT2D eigenvalue weighted by Crippen LogP contribution is -2.27. The Hall–Kier alpha value is -2.08. The van der Waals surface area contributed by atoms with Crippen LogP contribution < -0.4 is 9.04 Å². The SMILES string of the molecule is COc1cccc(N(C)S(=O)(=O)c2ccccc2F)c1. The second kappa shape index (κ2) is 5.50. The zero-order valence-corrected chi connectivity index (χ0v) is 11.9. The first kappa shape index (κ1) is 14.3. The Morgan fingerprint density at radius 2 is 1.80 bits per heavy atom. The van der Waals surface area contributed by atoms with E-state index in [9.17, 15) is 12.8 Å². The van der Waals surface area contributed by atoms with Crippen LogP contribution >= 0.6 is 0 Å². The lowest BCUT2D eigenvalue weighted by atomic mass is 10.3. The van der Waals surface area contributed by atoms with E-state index in [1.54, 1.807) is 24.3 Å². The fourth-order valence-electron chi connectivity index (χ4n) is 1.75. The van der Waals surface area contributed by atoms with Crippen LogP contribution in [-0.2, 0) is 10.0 Å². The Balaban J connectivity index is 2.46. The van der Waals surface area contributed by atoms with E-state index in [4.69, 9.17) is 4.74 Å². The molecule has 0 aliphatic heterocycles. The molecule has 4 nitrogen and oxygen atoms in total. The zero-order chi connectivity index (χ0) is 14.8. The number of anilines is 1. The minimum atomic E-state index is -3.94. The van der Waals surface area contributed by atoms with E-state index in [2.05, 4.69) is 0 Å². The molecular weight excluding hydrogens is 281 g/mol. The third-order valence-corrected chi connectivity index (χ3v) is 4.71. The summed E-state index contributed by atoms with van der Waals surface area (Å²) in [7, 11) is -1.08. The molecule has 20 heavy (non-hydrogen) atoms. The molecule has 0 radical (unpaired) electrons. The maximum Gasteiger partial charge on any atom is 0.266 e. The van der Waals surface area contributed by atoms with Crippen LogP contribution in [0, 0.1) is 5.82 Å². The summed E-state index contributed by atoms with van der Waals surface area (Å²) in [6, 6.07) is 11.8. The van der Waals surface area contributed by atoms with Crippen molar-refractivity contribution in [2.45, 2.75) is 4.90 Å². The molecule has 0 unspecified atom stereocenters. The standard InChI is InChI=1S/C14H14FNO3S/c1-16(11-6-5-7-12(10-11)19-2)20(17,18)14-9-4-3-8-13(14)15/h3-10H,1-2H3. The summed E-state index contributed by atoms with van der Waals surface area (Å²) < 4.78 is 44.5. The van der Waals surface area contributed by atoms with Gasteiger partial charge in [-0.25, -0.2) is 12.8 Å². The number of methoxy groups -OCH3 is 1. The summed E-state index contributed by atoms with van der Waals surface area (Å²) in [6.45, 7) is 0. The molecule has 0 bridgehead atoms. The Morgan fingerprint density at radius 3 is 2.45 bits per heavy atom. The minimum Gasteiger partial charge on any atom is -0.497 e. The molecule has 0 aliphatic rings. The highest BCUT2D eigenvalue weighted by atomic mass is 32.2. The van der Waals surface area contributed by atoms with Gasteiger partial charge in [0.25, 0.3) is 10.0 Å². The highest BCUT2D eigenvalue weighted by Crippen LogP contribution is 2.26. The predicted octanol–water partition coefficient (Wildman–Crippen LogP) is 2.66. The summed E-state index contributed by atoms with van der Waals surface area (Å²) in [6.07, 6.45) is 0. The maximum atomic E-state index is 13.7. The van der Waals surface area contributed by atoms with Crippen molar-refractivity contribution >= 4 is 15.7 Å². The Kier molecular flexibility index (Phi) is 3.94. The van der Waals surface area contributed by atoms with E-state index >= 15 is 0 Å². The first-order valence-electron chi connectivity index (χ1n) is 5.84. The molecular formula is C14H14FNO3S. The van der Waals surface area contributed by atoms with Crippen LogP contribution in [0.2, 0.25) is 0 Å². The zero-order valence-electron chi connectivity index (χ0n) is 11.1. The van der Waals surface area contributed by atoms with Gasteiger partial charge in [0.05, 0.1) is 12.8 Å². The molecule has 0 fully saturated rings. The molecule has 0 spiro atoms. The highest BCUT2D eigenvalue weighted by Gasteiger charge is 2.24. The fourth-order valence-corrected chi connectivity index (χ4v) is 3.00. The van der Waals surface area contributed by atoms with E-state index in [0.29, 0.717) is 11.4 Å². The van der Waals surface area contributed by atoms with Crippen molar-refractivity contribution in [1.29, 1.82) is 0 Å². The molecule has 0 N–H and O–H groups in total. The molecule has 2 rings (SSSR count). The van der Waals surface area contributed by atoms with Crippen molar-refractivity contribution in [3.8, 4) is 5.75 Å². The third-order valence-electron chi connectivity index (χ3n) is 2.89. The quantitative estimate of drug-likeness (QED) is 0.871. The van der Waals surface area contributed by atoms with Gasteiger partial charge in [0.15, 0.2) is 0 Å². The average Bonchev–Trinajstić information content (AvgIpc) is 2.46. The van der Waals surface area contributed by atoms with Crippen LogP contribution in [0.5, 0.6) is 5.75 Å². The van der Waals surface area contributed by atoms with Gasteiger partial charge in [-0.05, 0) is 24.3 Å². The van der Waals surface area contributed by atoms with Gasteiger partial charge < -0.3 is 4.74 Å². The van der Waals surface area contributed by atoms with E-state index in [1.807, 2.05) is 0 Å². The molecule has 0 saturated carbocycles. The van der Waals surface area contributed by atoms with Gasteiger partial charge in [0.2, 0.25) is 0 Å². The second-order valence-corrected chi connectivity index (χ2v) is 6.04. The number of hydrogen-bond donors (Lipinski definition) is 0. The first-order valence-corrected chi connectivity index (χ1v) is 7.28. The molecule has 0 amide bonds. The van der Waals surface area contributed by atoms with Gasteiger partial charge in [-0.15, -0.1) is 0 Å². The lowest BCUT2D eigenvalue weighted by molar-refractivity contribution is 0.415. The molecule has 2 aromatic rings. The summed E-state index contributed by atoms with van der Waals surface area (Å²) >= 11 is 0. The number of hydrogen-bond acceptors (Lipinski definition) is 3. The van der Waals surface area contributed by atoms with E-state index < -0.39 is 15.8 Å². The normalized spacial score (nSPS) is 11.2. The molecule has 0 atom stereocenters. The van der Waals surface area contributed by atoms with Crippen molar-refractivity contribution < 1.29 is 17.5 Å². The van der Waals surface area contributed by atoms with Crippen molar-refractivity contribution in [2.24, 2.45) is 0 Å². The Labute approximate surface area is 117 Å². The van der Waals surface area contributed by atoms with E-state index in [1.165, 1.54) is 32.4 Å². The topological polar surface area (TPSA) is 46.6 Å². The molecule has 106 valence electrons. The molecule has 2 aromatic carbocycles. The first-order chi connectivity index (χ1) is 9.46. The summed E-state index contributed by atoms with van der Waals surface area (Å²) in [5.41, 5.74) is 0.396. The molecule has 0 aliphatic carbocycles. The Bertz CT molecular complexity index is 716. The largest absolute Gasteiger partial charge is 0.497 e. The Morgan fingerprint density at radius 1 is 1.10 bits per heavy atom. The number of benzene rings is 2. The smallest absolute Gasteiger partial charge is 0.266 e. The summed E-state index contributed by atoms with van der Waals surface area (Å²) in [4.78, 5) is -0.356. The number of halogens is 1. The van der Waals surface area contributed by atoms with Crippen molar-refractivity contribution in [3.63, 3.8) is 0 Å². The summed E-state index contributed by atoms with van der Waals surface area (Å²) in [5.74, 6) is -0.250. The predicted molar refractivity (Wildman–Crippen MR) is 75.0 cm³/mol. The number of rotatable bonds is 4. The van der Waals surface area contributed by atoms with Crippen molar-refractivity contribution in [3.05, 3.63) is 54.3 Å². The van der Waals surface area contributed by atoms with Gasteiger partial charge in [-0.3, -0.25) is 4.31 Å². The van der Waals surface area contributed by atoms with Gasteiger partial charge >= 0.3 is 0 Å². The van der Waals surface area contributed by atoms with Gasteiger partial charge in [0.1, 0.15) is 16.5 Å². The van der Waals surface area contributed by atoms with Crippen LogP contribution in [-0.4, -0.2) is 22.6 Å². The van der Waals surface area contributed by atoms with Gasteiger partial charge in [-0.1, -0.05) is 18.2 Å². The van der Waals surface area contributed by atoms with Crippen LogP contribution in [0.1, 0.15) is 0 Å². The van der Waals surface area contributed by atoms with Crippen LogP contribution in [0.15, 0.2) is 53.4 Å². The van der Waals surface area contributed by atoms with Crippen molar-refractivity contribution in [1.82, 2.24) is 0 Å². The van der Waals surface area contributed by atoms with Gasteiger partial charge in [0, 0.05) is 13.1 Å². The van der Waals surface area contributed by atoms with Gasteiger partial charge in [-0.2, -0.15) is 0 Å². The molecule has 0 saturated heterocycles. The lowest BCUT2D eigenvalue weighted by Gasteiger charge is -2.20. The molecule has 0 aromatic heterocycles. The average molecular weight is 295 g/mol. The highest BCUT2D eigenvalue weighted by molar-refractivity contribution is 7.92. The van der Waals surface area contributed by atoms with Crippen LogP contribution in [0.4, 0.5) is 10.1 Å². The number of ether oxygens (including phenoxy) is 1. The number of nitrogens with zero attached hydrogens (tertiary/aromatic N) is 1. The van der Waals surface area contributed by atoms with Crippen LogP contribution in [0.25, 0.3) is 0 Å². The monoisotopic (exact) mass is 295 g/mol. The van der Waals surface area contributed by atoms with E-state index in [-0.39, 0.29) is 4.90 Å². The van der Waals surface area contributed by atoms with Crippen LogP contribution in [0.3, 0.4) is 0 Å². The van der Waals surface area contributed by atoms with Crippen molar-refractivity contribution in [2.75, 3.05) is 18.5 Å². The minimum absolute atomic E-state index is 0.356. The van der Waals surface area contributed by atoms with E-state index in [0.717, 1.165) is 10.4 Å². The maximum absolute atomic E-state index is 13.7. The second-order valence-electron chi connectivity index (χ2n) is 4.10.